The SMILES string of the molecule is CC1=NN(c2cccc(F)c2)C(=O)C1=Cc1ccc(Br)cc1. The molecule has 3 nitrogen and oxygen atoms in total. The number of hydrogen-bond donors (Lipinski definition) is 0. The van der Waals surface area contributed by atoms with Gasteiger partial charge in [0.25, 0.3) is 5.91 Å². The highest BCUT2D eigenvalue weighted by atomic mass is 79.9. The van der Waals surface area contributed by atoms with Crippen molar-refractivity contribution >= 4 is 39.3 Å². The first kappa shape index (κ1) is 14.7. The molecule has 1 heterocycles. The first-order valence-corrected chi connectivity index (χ1v) is 7.47. The summed E-state index contributed by atoms with van der Waals surface area (Å²) >= 11 is 3.37. The molecule has 1 amide bonds. The molecule has 0 saturated carbocycles. The highest BCUT2D eigenvalue weighted by molar-refractivity contribution is 9.10. The molecule has 1 aliphatic rings. The first-order chi connectivity index (χ1) is 10.5. The average Bonchev–Trinajstić information content (AvgIpc) is 2.77. The number of carbonyl (C=O) groups excluding carboxylic acids is 1. The number of rotatable bonds is 2. The summed E-state index contributed by atoms with van der Waals surface area (Å²) in [5, 5.41) is 5.46. The second-order valence-electron chi connectivity index (χ2n) is 4.89. The lowest BCUT2D eigenvalue weighted by Gasteiger charge is -2.11. The van der Waals surface area contributed by atoms with Crippen LogP contribution in [0.4, 0.5) is 10.1 Å². The normalized spacial score (nSPS) is 16.3. The van der Waals surface area contributed by atoms with Crippen molar-refractivity contribution in [2.45, 2.75) is 6.92 Å². The van der Waals surface area contributed by atoms with Crippen molar-refractivity contribution in [2.75, 3.05) is 5.01 Å². The van der Waals surface area contributed by atoms with Crippen molar-refractivity contribution in [3.05, 3.63) is 70.0 Å². The van der Waals surface area contributed by atoms with Crippen LogP contribution in [0.15, 0.2) is 63.7 Å². The lowest BCUT2D eigenvalue weighted by molar-refractivity contribution is -0.114. The highest BCUT2D eigenvalue weighted by Crippen LogP contribution is 2.25. The Kier molecular flexibility index (Phi) is 3.90. The summed E-state index contributed by atoms with van der Waals surface area (Å²) in [4.78, 5) is 12.5. The van der Waals surface area contributed by atoms with E-state index in [-0.39, 0.29) is 5.91 Å². The number of halogens is 2. The fourth-order valence-corrected chi connectivity index (χ4v) is 2.46. The molecule has 0 aliphatic carbocycles. The van der Waals surface area contributed by atoms with Crippen LogP contribution in [0.1, 0.15) is 12.5 Å². The van der Waals surface area contributed by atoms with Crippen molar-refractivity contribution in [1.82, 2.24) is 0 Å². The second kappa shape index (κ2) is 5.85. The van der Waals surface area contributed by atoms with E-state index < -0.39 is 5.82 Å². The number of nitrogens with zero attached hydrogens (tertiary/aromatic N) is 2. The Hall–Kier alpha value is -2.27. The molecule has 0 aromatic heterocycles. The van der Waals surface area contributed by atoms with Gasteiger partial charge in [-0.25, -0.2) is 4.39 Å². The van der Waals surface area contributed by atoms with Crippen molar-refractivity contribution in [2.24, 2.45) is 5.10 Å². The van der Waals surface area contributed by atoms with E-state index in [0.29, 0.717) is 17.0 Å². The Labute approximate surface area is 135 Å². The fraction of sp³-hybridized carbons (Fsp3) is 0.0588. The summed E-state index contributed by atoms with van der Waals surface area (Å²) in [7, 11) is 0. The minimum atomic E-state index is -0.400. The van der Waals surface area contributed by atoms with Gasteiger partial charge in [-0.2, -0.15) is 10.1 Å². The van der Waals surface area contributed by atoms with Crippen LogP contribution in [0.2, 0.25) is 0 Å². The number of anilines is 1. The molecule has 5 heteroatoms. The number of hydrogen-bond acceptors (Lipinski definition) is 2. The van der Waals surface area contributed by atoms with Crippen LogP contribution in [-0.2, 0) is 4.79 Å². The summed E-state index contributed by atoms with van der Waals surface area (Å²) < 4.78 is 14.3. The zero-order chi connectivity index (χ0) is 15.7. The topological polar surface area (TPSA) is 32.7 Å². The molecule has 0 saturated heterocycles. The third-order valence-corrected chi connectivity index (χ3v) is 3.83. The molecule has 3 rings (SSSR count). The van der Waals surface area contributed by atoms with Crippen LogP contribution in [0.25, 0.3) is 6.08 Å². The van der Waals surface area contributed by atoms with Crippen molar-refractivity contribution in [3.8, 4) is 0 Å². The third-order valence-electron chi connectivity index (χ3n) is 3.30. The van der Waals surface area contributed by atoms with Gasteiger partial charge >= 0.3 is 0 Å². The molecule has 2 aromatic carbocycles. The van der Waals surface area contributed by atoms with Crippen LogP contribution in [0.5, 0.6) is 0 Å². The molecule has 0 spiro atoms. The lowest BCUT2D eigenvalue weighted by atomic mass is 10.1. The molecule has 0 unspecified atom stereocenters. The van der Waals surface area contributed by atoms with Crippen LogP contribution in [-0.4, -0.2) is 11.6 Å². The maximum Gasteiger partial charge on any atom is 0.280 e. The van der Waals surface area contributed by atoms with E-state index in [0.717, 1.165) is 10.0 Å². The van der Waals surface area contributed by atoms with Gasteiger partial charge in [0, 0.05) is 4.47 Å². The zero-order valence-corrected chi connectivity index (χ0v) is 13.3. The molecular weight excluding hydrogens is 347 g/mol. The van der Waals surface area contributed by atoms with E-state index >= 15 is 0 Å². The molecule has 1 aliphatic heterocycles. The molecule has 0 radical (unpaired) electrons. The zero-order valence-electron chi connectivity index (χ0n) is 11.8. The summed E-state index contributed by atoms with van der Waals surface area (Å²) in [5.74, 6) is -0.658. The van der Waals surface area contributed by atoms with Crippen LogP contribution >= 0.6 is 15.9 Å². The third kappa shape index (κ3) is 2.85. The Morgan fingerprint density at radius 1 is 1.18 bits per heavy atom. The monoisotopic (exact) mass is 358 g/mol. The molecule has 0 bridgehead atoms. The molecule has 110 valence electrons. The van der Waals surface area contributed by atoms with Gasteiger partial charge in [0.2, 0.25) is 0 Å². The predicted octanol–water partition coefficient (Wildman–Crippen LogP) is 4.39. The number of carbonyl (C=O) groups is 1. The maximum absolute atomic E-state index is 13.3. The fourth-order valence-electron chi connectivity index (χ4n) is 2.19. The van der Waals surface area contributed by atoms with Gasteiger partial charge < -0.3 is 0 Å². The smallest absolute Gasteiger partial charge is 0.267 e. The van der Waals surface area contributed by atoms with E-state index in [2.05, 4.69) is 21.0 Å². The molecule has 22 heavy (non-hydrogen) atoms. The van der Waals surface area contributed by atoms with Crippen molar-refractivity contribution in [3.63, 3.8) is 0 Å². The summed E-state index contributed by atoms with van der Waals surface area (Å²) in [6, 6.07) is 13.5. The maximum atomic E-state index is 13.3. The summed E-state index contributed by atoms with van der Waals surface area (Å²) in [6.07, 6.45) is 1.78. The Morgan fingerprint density at radius 3 is 2.59 bits per heavy atom. The van der Waals surface area contributed by atoms with E-state index in [4.69, 9.17) is 0 Å². The van der Waals surface area contributed by atoms with Gasteiger partial charge in [-0.05, 0) is 48.9 Å². The Bertz CT molecular complexity index is 797. The number of amides is 1. The van der Waals surface area contributed by atoms with E-state index in [9.17, 15) is 9.18 Å². The second-order valence-corrected chi connectivity index (χ2v) is 5.81. The minimum absolute atomic E-state index is 0.258. The van der Waals surface area contributed by atoms with E-state index in [1.54, 1.807) is 25.1 Å². The predicted molar refractivity (Wildman–Crippen MR) is 89.1 cm³/mol. The van der Waals surface area contributed by atoms with Gasteiger partial charge in [-0.15, -0.1) is 0 Å². The quantitative estimate of drug-likeness (QED) is 0.732. The van der Waals surface area contributed by atoms with Crippen LogP contribution < -0.4 is 5.01 Å². The molecule has 0 N–H and O–H groups in total. The standard InChI is InChI=1S/C17H12BrFN2O/c1-11-16(9-12-5-7-13(18)8-6-12)17(22)21(20-11)15-4-2-3-14(19)10-15/h2-10H,1H3. The van der Waals surface area contributed by atoms with E-state index in [1.165, 1.54) is 17.1 Å². The number of hydrazone groups is 1. The highest BCUT2D eigenvalue weighted by Gasteiger charge is 2.28. The van der Waals surface area contributed by atoms with Gasteiger partial charge in [0.1, 0.15) is 5.82 Å². The average molecular weight is 359 g/mol. The summed E-state index contributed by atoms with van der Waals surface area (Å²) in [5.41, 5.74) is 2.44. The summed E-state index contributed by atoms with van der Waals surface area (Å²) in [6.45, 7) is 1.77. The van der Waals surface area contributed by atoms with E-state index in [1.807, 2.05) is 24.3 Å². The minimum Gasteiger partial charge on any atom is -0.267 e. The van der Waals surface area contributed by atoms with Gasteiger partial charge in [-0.3, -0.25) is 4.79 Å². The lowest BCUT2D eigenvalue weighted by Crippen LogP contribution is -2.21. The van der Waals surface area contributed by atoms with Gasteiger partial charge in [-0.1, -0.05) is 34.1 Å². The molecule has 0 fully saturated rings. The van der Waals surface area contributed by atoms with Gasteiger partial charge in [0.15, 0.2) is 0 Å². The Balaban J connectivity index is 1.94. The van der Waals surface area contributed by atoms with Crippen molar-refractivity contribution in [1.29, 1.82) is 0 Å². The molecule has 2 aromatic rings. The largest absolute Gasteiger partial charge is 0.280 e. The van der Waals surface area contributed by atoms with Crippen molar-refractivity contribution < 1.29 is 9.18 Å². The first-order valence-electron chi connectivity index (χ1n) is 6.67. The molecule has 0 atom stereocenters. The van der Waals surface area contributed by atoms with Crippen LogP contribution in [0.3, 0.4) is 0 Å². The molecular formula is C17H12BrFN2O. The number of benzene rings is 2. The van der Waals surface area contributed by atoms with Gasteiger partial charge in [0.05, 0.1) is 17.0 Å². The van der Waals surface area contributed by atoms with Crippen LogP contribution in [0, 0.1) is 5.82 Å². The Morgan fingerprint density at radius 2 is 1.91 bits per heavy atom.